The van der Waals surface area contributed by atoms with Crippen LogP contribution in [0.2, 0.25) is 0 Å². The Morgan fingerprint density at radius 3 is 1.67 bits per heavy atom. The largest absolute Gasteiger partial charge is 0.388 e. The molecule has 0 radical (unpaired) electrons. The summed E-state index contributed by atoms with van der Waals surface area (Å²) in [4.78, 5) is 0. The molecule has 4 fully saturated rings. The molecular formula is C35H38O8. The van der Waals surface area contributed by atoms with E-state index >= 15 is 0 Å². The van der Waals surface area contributed by atoms with Crippen LogP contribution in [0.4, 0.5) is 0 Å². The summed E-state index contributed by atoms with van der Waals surface area (Å²) in [5, 5.41) is 10.6. The van der Waals surface area contributed by atoms with E-state index in [1.807, 2.05) is 34.6 Å². The maximum absolute atomic E-state index is 10.6. The first kappa shape index (κ1) is 34.1. The van der Waals surface area contributed by atoms with Crippen molar-refractivity contribution in [3.63, 3.8) is 0 Å². The second-order valence-corrected chi connectivity index (χ2v) is 11.2. The van der Waals surface area contributed by atoms with Crippen LogP contribution in [-0.2, 0) is 33.2 Å². The van der Waals surface area contributed by atoms with Gasteiger partial charge in [0.25, 0.3) is 0 Å². The van der Waals surface area contributed by atoms with Crippen molar-refractivity contribution in [3.8, 4) is 83.9 Å². The van der Waals surface area contributed by atoms with Gasteiger partial charge >= 0.3 is 0 Å². The van der Waals surface area contributed by atoms with Gasteiger partial charge in [0.15, 0.2) is 24.2 Å². The van der Waals surface area contributed by atoms with Crippen LogP contribution in [0, 0.1) is 95.7 Å². The van der Waals surface area contributed by atoms with Gasteiger partial charge in [-0.15, -0.1) is 12.8 Å². The van der Waals surface area contributed by atoms with Crippen molar-refractivity contribution >= 4 is 0 Å². The van der Waals surface area contributed by atoms with E-state index in [-0.39, 0.29) is 42.9 Å². The highest BCUT2D eigenvalue weighted by Crippen LogP contribution is 2.44. The predicted molar refractivity (Wildman–Crippen MR) is 158 cm³/mol. The van der Waals surface area contributed by atoms with Crippen molar-refractivity contribution in [1.82, 2.24) is 0 Å². The summed E-state index contributed by atoms with van der Waals surface area (Å²) in [6, 6.07) is 0. The van der Waals surface area contributed by atoms with Crippen molar-refractivity contribution in [3.05, 3.63) is 0 Å². The van der Waals surface area contributed by atoms with Crippen molar-refractivity contribution < 1.29 is 38.3 Å². The molecule has 0 spiro atoms. The van der Waals surface area contributed by atoms with Crippen LogP contribution >= 0.6 is 0 Å². The van der Waals surface area contributed by atoms with Gasteiger partial charge in [-0.1, -0.05) is 20.8 Å². The fourth-order valence-electron chi connectivity index (χ4n) is 5.22. The Labute approximate surface area is 256 Å². The first-order chi connectivity index (χ1) is 20.4. The third kappa shape index (κ3) is 9.29. The third-order valence-electron chi connectivity index (χ3n) is 7.33. The zero-order valence-electron chi connectivity index (χ0n) is 25.6. The van der Waals surface area contributed by atoms with Crippen molar-refractivity contribution in [1.29, 1.82) is 0 Å². The number of rotatable bonds is 4. The maximum atomic E-state index is 10.6. The fourth-order valence-corrected chi connectivity index (χ4v) is 5.22. The van der Waals surface area contributed by atoms with E-state index in [0.717, 1.165) is 6.42 Å². The summed E-state index contributed by atoms with van der Waals surface area (Å²) in [5.41, 5.74) is 0. The number of aliphatic hydroxyl groups is 1. The third-order valence-corrected chi connectivity index (χ3v) is 7.33. The van der Waals surface area contributed by atoms with Gasteiger partial charge in [-0.2, -0.15) is 0 Å². The van der Waals surface area contributed by atoms with Crippen molar-refractivity contribution in [2.24, 2.45) is 11.8 Å². The molecule has 10 unspecified atom stereocenters. The summed E-state index contributed by atoms with van der Waals surface area (Å²) >= 11 is 0. The zero-order chi connectivity index (χ0) is 31.6. The Morgan fingerprint density at radius 1 is 0.651 bits per heavy atom. The van der Waals surface area contributed by atoms with Gasteiger partial charge in [0.2, 0.25) is 0 Å². The SMILES string of the molecule is C#CC#CC#CC#CC#CC#CC#C.CCC1OC(OCC2OC3OC(C)(C)OC3C3OC(C)(C)OC23)C(O)C(C)C1C. The molecule has 43 heavy (non-hydrogen) atoms. The highest BCUT2D eigenvalue weighted by Gasteiger charge is 2.60. The summed E-state index contributed by atoms with van der Waals surface area (Å²) < 4.78 is 42.4. The van der Waals surface area contributed by atoms with Gasteiger partial charge in [0.1, 0.15) is 30.5 Å². The van der Waals surface area contributed by atoms with Gasteiger partial charge < -0.3 is 38.3 Å². The van der Waals surface area contributed by atoms with Gasteiger partial charge in [-0.05, 0) is 117 Å². The first-order valence-corrected chi connectivity index (χ1v) is 14.2. The second-order valence-electron chi connectivity index (χ2n) is 11.2. The summed E-state index contributed by atoms with van der Waals surface area (Å²) in [6.45, 7) is 13.9. The van der Waals surface area contributed by atoms with Gasteiger partial charge in [0, 0.05) is 0 Å². The standard InChI is InChI=1S/C21H36O8.C14H2/c1-8-12-10(2)11(3)14(22)18(24-12)23-9-13-15-16(27-20(4,5)26-15)17-19(25-13)29-21(6,7)28-17;1-3-5-7-9-11-13-14-12-10-8-6-4-2/h10-19,22H,8-9H2,1-7H3;1-2H. The predicted octanol–water partition coefficient (Wildman–Crippen LogP) is 2.44. The van der Waals surface area contributed by atoms with Crippen LogP contribution in [-0.4, -0.2) is 72.5 Å². The molecule has 4 heterocycles. The molecule has 4 rings (SSSR count). The van der Waals surface area contributed by atoms with Crippen LogP contribution in [0.15, 0.2) is 0 Å². The molecule has 226 valence electrons. The number of hydrogen-bond acceptors (Lipinski definition) is 8. The first-order valence-electron chi connectivity index (χ1n) is 14.2. The lowest BCUT2D eigenvalue weighted by atomic mass is 9.82. The van der Waals surface area contributed by atoms with E-state index in [0.29, 0.717) is 0 Å². The van der Waals surface area contributed by atoms with Crippen LogP contribution in [0.25, 0.3) is 0 Å². The molecule has 4 aliphatic heterocycles. The van der Waals surface area contributed by atoms with Crippen LogP contribution in [0.1, 0.15) is 54.9 Å². The molecule has 0 saturated carbocycles. The lowest BCUT2D eigenvalue weighted by molar-refractivity contribution is -0.295. The van der Waals surface area contributed by atoms with E-state index < -0.39 is 36.4 Å². The smallest absolute Gasteiger partial charge is 0.190 e. The molecule has 4 saturated heterocycles. The normalized spacial score (nSPS) is 35.5. The molecule has 0 aromatic heterocycles. The number of fused-ring (bicyclic) bond motifs is 3. The Morgan fingerprint density at radius 2 is 1.14 bits per heavy atom. The minimum Gasteiger partial charge on any atom is -0.388 e. The molecule has 0 amide bonds. The highest BCUT2D eigenvalue weighted by atomic mass is 16.9. The molecular weight excluding hydrogens is 548 g/mol. The Bertz CT molecular complexity index is 1330. The van der Waals surface area contributed by atoms with E-state index in [1.165, 1.54) is 0 Å². The van der Waals surface area contributed by atoms with Crippen LogP contribution in [0.3, 0.4) is 0 Å². The van der Waals surface area contributed by atoms with Gasteiger partial charge in [0.05, 0.1) is 12.7 Å². The lowest BCUT2D eigenvalue weighted by Crippen LogP contribution is -2.57. The number of terminal acetylenes is 2. The summed E-state index contributed by atoms with van der Waals surface area (Å²) in [7, 11) is 0. The summed E-state index contributed by atoms with van der Waals surface area (Å²) in [5.74, 6) is 27.1. The minimum absolute atomic E-state index is 0.0557. The molecule has 8 heteroatoms. The topological polar surface area (TPSA) is 84.8 Å². The van der Waals surface area contributed by atoms with Gasteiger partial charge in [-0.3, -0.25) is 0 Å². The van der Waals surface area contributed by atoms with E-state index in [9.17, 15) is 5.11 Å². The highest BCUT2D eigenvalue weighted by molar-refractivity contribution is 5.44. The van der Waals surface area contributed by atoms with E-state index in [2.05, 4.69) is 84.9 Å². The quantitative estimate of drug-likeness (QED) is 0.503. The average Bonchev–Trinajstić information content (AvgIpc) is 3.46. The number of hydrogen-bond donors (Lipinski definition) is 1. The summed E-state index contributed by atoms with van der Waals surface area (Å²) in [6.07, 6.45) is 7.22. The van der Waals surface area contributed by atoms with Crippen LogP contribution in [0.5, 0.6) is 0 Å². The van der Waals surface area contributed by atoms with E-state index in [1.54, 1.807) is 0 Å². The molecule has 0 aliphatic carbocycles. The number of ether oxygens (including phenoxy) is 7. The van der Waals surface area contributed by atoms with Crippen LogP contribution < -0.4 is 0 Å². The minimum atomic E-state index is -0.756. The molecule has 0 aromatic rings. The molecule has 4 aliphatic rings. The Balaban J connectivity index is 0.000000308. The van der Waals surface area contributed by atoms with Gasteiger partial charge in [-0.25, -0.2) is 0 Å². The van der Waals surface area contributed by atoms with Crippen molar-refractivity contribution in [2.45, 2.75) is 116 Å². The maximum Gasteiger partial charge on any atom is 0.190 e. The Hall–Kier alpha value is -3.40. The Kier molecular flexibility index (Phi) is 12.2. The molecule has 0 bridgehead atoms. The molecule has 1 N–H and O–H groups in total. The molecule has 10 atom stereocenters. The zero-order valence-corrected chi connectivity index (χ0v) is 25.6. The van der Waals surface area contributed by atoms with Crippen molar-refractivity contribution in [2.75, 3.05) is 6.61 Å². The number of aliphatic hydroxyl groups excluding tert-OH is 1. The van der Waals surface area contributed by atoms with E-state index in [4.69, 9.17) is 46.0 Å². The second kappa shape index (κ2) is 15.4. The fraction of sp³-hybridized carbons (Fsp3) is 0.600. The monoisotopic (exact) mass is 586 g/mol. The average molecular weight is 587 g/mol. The molecule has 0 aromatic carbocycles. The lowest BCUT2D eigenvalue weighted by Gasteiger charge is -2.43. The molecule has 8 nitrogen and oxygen atoms in total.